The maximum absolute atomic E-state index is 11.9. The second-order valence-electron chi connectivity index (χ2n) is 3.74. The van der Waals surface area contributed by atoms with Crippen LogP contribution in [0.25, 0.3) is 0 Å². The average Bonchev–Trinajstić information content (AvgIpc) is 2.24. The summed E-state index contributed by atoms with van der Waals surface area (Å²) in [7, 11) is 0. The van der Waals surface area contributed by atoms with Crippen LogP contribution in [0.2, 0.25) is 5.15 Å². The van der Waals surface area contributed by atoms with Gasteiger partial charge in [0.25, 0.3) is 5.56 Å². The molecule has 0 fully saturated rings. The third-order valence-electron chi connectivity index (χ3n) is 2.41. The van der Waals surface area contributed by atoms with E-state index in [9.17, 15) is 9.59 Å². The summed E-state index contributed by atoms with van der Waals surface area (Å²) in [6.45, 7) is 4.98. The van der Waals surface area contributed by atoms with E-state index < -0.39 is 0 Å². The number of unbranched alkanes of at least 4 members (excludes halogenated alkanes) is 1. The van der Waals surface area contributed by atoms with Crippen LogP contribution < -0.4 is 11.2 Å². The first-order valence-corrected chi connectivity index (χ1v) is 5.99. The lowest BCUT2D eigenvalue weighted by molar-refractivity contribution is 0.529. The van der Waals surface area contributed by atoms with Gasteiger partial charge >= 0.3 is 5.69 Å². The zero-order valence-corrected chi connectivity index (χ0v) is 10.5. The van der Waals surface area contributed by atoms with Crippen molar-refractivity contribution >= 4 is 11.6 Å². The van der Waals surface area contributed by atoms with Gasteiger partial charge in [0, 0.05) is 19.2 Å². The van der Waals surface area contributed by atoms with Gasteiger partial charge in [-0.3, -0.25) is 13.9 Å². The second kappa shape index (κ2) is 5.89. The van der Waals surface area contributed by atoms with Crippen molar-refractivity contribution in [2.45, 2.75) is 46.2 Å². The standard InChI is InChI=1S/C11H17ClN2O2/c1-3-5-7-13-9(12)8-10(15)14(6-4-2)11(13)16/h8H,3-7H2,1-2H3. The highest BCUT2D eigenvalue weighted by molar-refractivity contribution is 6.29. The highest BCUT2D eigenvalue weighted by Gasteiger charge is 2.08. The van der Waals surface area contributed by atoms with Gasteiger partial charge in [-0.1, -0.05) is 31.9 Å². The molecule has 0 N–H and O–H groups in total. The highest BCUT2D eigenvalue weighted by Crippen LogP contribution is 2.03. The van der Waals surface area contributed by atoms with Gasteiger partial charge in [-0.2, -0.15) is 0 Å². The van der Waals surface area contributed by atoms with E-state index >= 15 is 0 Å². The van der Waals surface area contributed by atoms with Gasteiger partial charge in [-0.05, 0) is 12.8 Å². The van der Waals surface area contributed by atoms with Crippen molar-refractivity contribution in [2.75, 3.05) is 0 Å². The van der Waals surface area contributed by atoms with E-state index in [0.29, 0.717) is 13.1 Å². The van der Waals surface area contributed by atoms with Crippen LogP contribution in [0.5, 0.6) is 0 Å². The molecule has 0 spiro atoms. The molecule has 4 nitrogen and oxygen atoms in total. The second-order valence-corrected chi connectivity index (χ2v) is 4.13. The normalized spacial score (nSPS) is 10.7. The van der Waals surface area contributed by atoms with Crippen LogP contribution in [0.3, 0.4) is 0 Å². The molecule has 0 aliphatic rings. The fourth-order valence-corrected chi connectivity index (χ4v) is 1.79. The van der Waals surface area contributed by atoms with E-state index in [-0.39, 0.29) is 16.4 Å². The molecule has 0 amide bonds. The fourth-order valence-electron chi connectivity index (χ4n) is 1.54. The summed E-state index contributed by atoms with van der Waals surface area (Å²) in [5.74, 6) is 0. The third kappa shape index (κ3) is 2.76. The average molecular weight is 245 g/mol. The molecule has 0 aliphatic carbocycles. The summed E-state index contributed by atoms with van der Waals surface area (Å²) < 4.78 is 2.70. The Kier molecular flexibility index (Phi) is 4.80. The van der Waals surface area contributed by atoms with Crippen LogP contribution in [0.1, 0.15) is 33.1 Å². The maximum Gasteiger partial charge on any atom is 0.332 e. The van der Waals surface area contributed by atoms with Gasteiger partial charge in [0.1, 0.15) is 5.15 Å². The first-order valence-electron chi connectivity index (χ1n) is 5.62. The van der Waals surface area contributed by atoms with Crippen LogP contribution in [-0.2, 0) is 13.1 Å². The van der Waals surface area contributed by atoms with E-state index in [2.05, 4.69) is 0 Å². The molecule has 1 rings (SSSR count). The molecule has 0 radical (unpaired) electrons. The first kappa shape index (κ1) is 13.0. The summed E-state index contributed by atoms with van der Waals surface area (Å²) >= 11 is 5.89. The summed E-state index contributed by atoms with van der Waals surface area (Å²) in [6, 6.07) is 1.31. The molecule has 90 valence electrons. The minimum Gasteiger partial charge on any atom is -0.284 e. The van der Waals surface area contributed by atoms with Crippen LogP contribution in [0.15, 0.2) is 15.7 Å². The van der Waals surface area contributed by atoms with Gasteiger partial charge < -0.3 is 0 Å². The molecule has 0 atom stereocenters. The van der Waals surface area contributed by atoms with E-state index in [1.807, 2.05) is 13.8 Å². The van der Waals surface area contributed by atoms with Crippen molar-refractivity contribution in [3.05, 3.63) is 32.1 Å². The van der Waals surface area contributed by atoms with Gasteiger partial charge in [0.15, 0.2) is 0 Å². The zero-order chi connectivity index (χ0) is 12.1. The predicted molar refractivity (Wildman–Crippen MR) is 65.2 cm³/mol. The lowest BCUT2D eigenvalue weighted by Crippen LogP contribution is -2.39. The van der Waals surface area contributed by atoms with Crippen LogP contribution in [-0.4, -0.2) is 9.13 Å². The number of nitrogens with zero attached hydrogens (tertiary/aromatic N) is 2. The Balaban J connectivity index is 3.22. The molecule has 0 aliphatic heterocycles. The number of aromatic nitrogens is 2. The van der Waals surface area contributed by atoms with Gasteiger partial charge in [-0.25, -0.2) is 4.79 Å². The number of halogens is 1. The molecule has 5 heteroatoms. The molecule has 16 heavy (non-hydrogen) atoms. The van der Waals surface area contributed by atoms with E-state index in [1.165, 1.54) is 15.2 Å². The van der Waals surface area contributed by atoms with Crippen molar-refractivity contribution in [2.24, 2.45) is 0 Å². The molecule has 0 saturated heterocycles. The molecule has 0 saturated carbocycles. The van der Waals surface area contributed by atoms with Gasteiger partial charge in [0.2, 0.25) is 0 Å². The Hall–Kier alpha value is -1.03. The number of rotatable bonds is 5. The summed E-state index contributed by atoms with van der Waals surface area (Å²) in [4.78, 5) is 23.5. The topological polar surface area (TPSA) is 44.0 Å². The maximum atomic E-state index is 11.9. The third-order valence-corrected chi connectivity index (χ3v) is 2.72. The highest BCUT2D eigenvalue weighted by atomic mass is 35.5. The minimum absolute atomic E-state index is 0.232. The molecular weight excluding hydrogens is 228 g/mol. The molecule has 0 unspecified atom stereocenters. The van der Waals surface area contributed by atoms with E-state index in [0.717, 1.165) is 19.3 Å². The summed E-state index contributed by atoms with van der Waals surface area (Å²) in [6.07, 6.45) is 2.62. The molecule has 1 aromatic heterocycles. The van der Waals surface area contributed by atoms with Crippen LogP contribution in [0, 0.1) is 0 Å². The largest absolute Gasteiger partial charge is 0.332 e. The Morgan fingerprint density at radius 2 is 1.81 bits per heavy atom. The smallest absolute Gasteiger partial charge is 0.284 e. The molecule has 0 aromatic carbocycles. The molecule has 1 heterocycles. The number of hydrogen-bond acceptors (Lipinski definition) is 2. The van der Waals surface area contributed by atoms with Crippen molar-refractivity contribution in [1.82, 2.24) is 9.13 Å². The Morgan fingerprint density at radius 3 is 2.38 bits per heavy atom. The van der Waals surface area contributed by atoms with Gasteiger partial charge in [-0.15, -0.1) is 0 Å². The molecular formula is C11H17ClN2O2. The SMILES string of the molecule is CCCCn1c(Cl)cc(=O)n(CCC)c1=O. The Morgan fingerprint density at radius 1 is 1.12 bits per heavy atom. The monoisotopic (exact) mass is 244 g/mol. The van der Waals surface area contributed by atoms with Crippen LogP contribution in [0.4, 0.5) is 0 Å². The Labute approximate surface area is 99.5 Å². The molecule has 1 aromatic rings. The van der Waals surface area contributed by atoms with Crippen LogP contribution >= 0.6 is 11.6 Å². The van der Waals surface area contributed by atoms with E-state index in [4.69, 9.17) is 11.6 Å². The quantitative estimate of drug-likeness (QED) is 0.743. The lowest BCUT2D eigenvalue weighted by atomic mass is 10.3. The van der Waals surface area contributed by atoms with E-state index in [1.54, 1.807) is 0 Å². The lowest BCUT2D eigenvalue weighted by Gasteiger charge is -2.10. The fraction of sp³-hybridized carbons (Fsp3) is 0.636. The summed E-state index contributed by atoms with van der Waals surface area (Å²) in [5.41, 5.74) is -0.614. The van der Waals surface area contributed by atoms with Gasteiger partial charge in [0.05, 0.1) is 0 Å². The van der Waals surface area contributed by atoms with Crippen molar-refractivity contribution in [1.29, 1.82) is 0 Å². The predicted octanol–water partition coefficient (Wildman–Crippen LogP) is 1.87. The number of hydrogen-bond donors (Lipinski definition) is 0. The van der Waals surface area contributed by atoms with Crippen molar-refractivity contribution < 1.29 is 0 Å². The first-order chi connectivity index (χ1) is 7.61. The molecule has 0 bridgehead atoms. The summed E-state index contributed by atoms with van der Waals surface area (Å²) in [5, 5.41) is 0.232. The Bertz CT molecular complexity index is 462. The zero-order valence-electron chi connectivity index (χ0n) is 9.70. The van der Waals surface area contributed by atoms with Crippen molar-refractivity contribution in [3.63, 3.8) is 0 Å². The minimum atomic E-state index is -0.315. The van der Waals surface area contributed by atoms with Crippen molar-refractivity contribution in [3.8, 4) is 0 Å².